The summed E-state index contributed by atoms with van der Waals surface area (Å²) in [5.74, 6) is 0.674. The first-order valence-electron chi connectivity index (χ1n) is 6.01. The molecule has 1 aromatic heterocycles. The topological polar surface area (TPSA) is 70.5 Å². The number of hydrogen-bond acceptors (Lipinski definition) is 6. The molecule has 19 heavy (non-hydrogen) atoms. The molecule has 0 radical (unpaired) electrons. The number of carbonyl (C=O) groups excluding carboxylic acids is 1. The Morgan fingerprint density at radius 1 is 1.32 bits per heavy atom. The maximum Gasteiger partial charge on any atom is 0.193 e. The van der Waals surface area contributed by atoms with E-state index in [0.29, 0.717) is 30.9 Å². The molecule has 1 heterocycles. The van der Waals surface area contributed by atoms with Crippen molar-refractivity contribution in [2.24, 2.45) is 0 Å². The second-order valence-electron chi connectivity index (χ2n) is 4.97. The van der Waals surface area contributed by atoms with Crippen molar-refractivity contribution in [1.29, 1.82) is 0 Å². The second kappa shape index (κ2) is 7.16. The molecule has 0 bridgehead atoms. The van der Waals surface area contributed by atoms with Crippen LogP contribution in [0.25, 0.3) is 0 Å². The SMILES string of the molecule is COCCOCOc1cnc(C=O)nc1C(C)(C)C. The molecule has 0 N–H and O–H groups in total. The zero-order valence-electron chi connectivity index (χ0n) is 11.8. The molecule has 1 rings (SSSR count). The van der Waals surface area contributed by atoms with Crippen LogP contribution in [0.5, 0.6) is 5.75 Å². The van der Waals surface area contributed by atoms with Crippen molar-refractivity contribution in [3.8, 4) is 5.75 Å². The summed E-state index contributed by atoms with van der Waals surface area (Å²) in [5.41, 5.74) is 0.433. The van der Waals surface area contributed by atoms with Gasteiger partial charge in [0.2, 0.25) is 0 Å². The van der Waals surface area contributed by atoms with E-state index in [4.69, 9.17) is 14.2 Å². The first-order valence-corrected chi connectivity index (χ1v) is 6.01. The van der Waals surface area contributed by atoms with Crippen molar-refractivity contribution in [2.45, 2.75) is 26.2 Å². The highest BCUT2D eigenvalue weighted by atomic mass is 16.7. The average Bonchev–Trinajstić information content (AvgIpc) is 2.37. The van der Waals surface area contributed by atoms with Gasteiger partial charge in [-0.2, -0.15) is 0 Å². The van der Waals surface area contributed by atoms with E-state index in [1.54, 1.807) is 7.11 Å². The van der Waals surface area contributed by atoms with Crippen molar-refractivity contribution < 1.29 is 19.0 Å². The first-order chi connectivity index (χ1) is 8.99. The minimum absolute atomic E-state index is 0.0935. The lowest BCUT2D eigenvalue weighted by Gasteiger charge is -2.21. The first kappa shape index (κ1) is 15.5. The van der Waals surface area contributed by atoms with Crippen LogP contribution in [0.1, 0.15) is 37.1 Å². The zero-order chi connectivity index (χ0) is 14.3. The molecule has 0 atom stereocenters. The molecule has 0 fully saturated rings. The molecular formula is C13H20N2O4. The van der Waals surface area contributed by atoms with Crippen LogP contribution in [-0.4, -0.2) is 43.4 Å². The fraction of sp³-hybridized carbons (Fsp3) is 0.615. The summed E-state index contributed by atoms with van der Waals surface area (Å²) in [5, 5.41) is 0. The average molecular weight is 268 g/mol. The Labute approximate surface area is 113 Å². The predicted octanol–water partition coefficient (Wildman–Crippen LogP) is 1.59. The summed E-state index contributed by atoms with van der Waals surface area (Å²) >= 11 is 0. The van der Waals surface area contributed by atoms with Gasteiger partial charge in [0.1, 0.15) is 0 Å². The number of aromatic nitrogens is 2. The van der Waals surface area contributed by atoms with Crippen LogP contribution >= 0.6 is 0 Å². The monoisotopic (exact) mass is 268 g/mol. The van der Waals surface area contributed by atoms with Crippen molar-refractivity contribution >= 4 is 6.29 Å². The van der Waals surface area contributed by atoms with Crippen molar-refractivity contribution in [1.82, 2.24) is 9.97 Å². The fourth-order valence-electron chi connectivity index (χ4n) is 1.39. The molecule has 0 saturated carbocycles. The van der Waals surface area contributed by atoms with Crippen LogP contribution in [0.4, 0.5) is 0 Å². The normalized spacial score (nSPS) is 11.4. The molecule has 0 aliphatic rings. The van der Waals surface area contributed by atoms with Crippen molar-refractivity contribution in [2.75, 3.05) is 27.1 Å². The Morgan fingerprint density at radius 2 is 2.05 bits per heavy atom. The summed E-state index contributed by atoms with van der Waals surface area (Å²) in [6.45, 7) is 7.02. The molecule has 6 heteroatoms. The highest BCUT2D eigenvalue weighted by molar-refractivity contribution is 5.68. The Bertz CT molecular complexity index is 416. The predicted molar refractivity (Wildman–Crippen MR) is 69.4 cm³/mol. The largest absolute Gasteiger partial charge is 0.464 e. The van der Waals surface area contributed by atoms with Gasteiger partial charge in [0.15, 0.2) is 24.7 Å². The minimum Gasteiger partial charge on any atom is -0.464 e. The van der Waals surface area contributed by atoms with E-state index in [0.717, 1.165) is 0 Å². The van der Waals surface area contributed by atoms with E-state index in [-0.39, 0.29) is 18.0 Å². The van der Waals surface area contributed by atoms with E-state index in [2.05, 4.69) is 9.97 Å². The number of hydrogen-bond donors (Lipinski definition) is 0. The molecule has 0 saturated heterocycles. The number of ether oxygens (including phenoxy) is 3. The number of rotatable bonds is 7. The molecule has 0 spiro atoms. The highest BCUT2D eigenvalue weighted by Crippen LogP contribution is 2.28. The Kier molecular flexibility index (Phi) is 5.85. The molecule has 0 aliphatic carbocycles. The van der Waals surface area contributed by atoms with Crippen molar-refractivity contribution in [3.05, 3.63) is 17.7 Å². The minimum atomic E-state index is -0.247. The van der Waals surface area contributed by atoms with Crippen LogP contribution in [0.3, 0.4) is 0 Å². The lowest BCUT2D eigenvalue weighted by Crippen LogP contribution is -2.18. The van der Waals surface area contributed by atoms with E-state index in [9.17, 15) is 4.79 Å². The fourth-order valence-corrected chi connectivity index (χ4v) is 1.39. The molecule has 106 valence electrons. The van der Waals surface area contributed by atoms with Gasteiger partial charge in [-0.1, -0.05) is 20.8 Å². The van der Waals surface area contributed by atoms with Gasteiger partial charge in [-0.25, -0.2) is 9.97 Å². The number of methoxy groups -OCH3 is 1. The third-order valence-corrected chi connectivity index (χ3v) is 2.32. The smallest absolute Gasteiger partial charge is 0.193 e. The Hall–Kier alpha value is -1.53. The summed E-state index contributed by atoms with van der Waals surface area (Å²) in [7, 11) is 1.61. The summed E-state index contributed by atoms with van der Waals surface area (Å²) < 4.78 is 15.6. The highest BCUT2D eigenvalue weighted by Gasteiger charge is 2.22. The van der Waals surface area contributed by atoms with Gasteiger partial charge < -0.3 is 14.2 Å². The van der Waals surface area contributed by atoms with E-state index >= 15 is 0 Å². The number of nitrogens with zero attached hydrogens (tertiary/aromatic N) is 2. The molecule has 0 unspecified atom stereocenters. The van der Waals surface area contributed by atoms with Gasteiger partial charge >= 0.3 is 0 Å². The zero-order valence-corrected chi connectivity index (χ0v) is 11.8. The van der Waals surface area contributed by atoms with E-state index < -0.39 is 0 Å². The number of carbonyl (C=O) groups is 1. The standard InChI is InChI=1S/C13H20N2O4/c1-13(2,3)12-10(7-14-11(8-16)15-12)19-9-18-6-5-17-4/h7-8H,5-6,9H2,1-4H3. The maximum atomic E-state index is 10.7. The van der Waals surface area contributed by atoms with Crippen LogP contribution in [0, 0.1) is 0 Å². The van der Waals surface area contributed by atoms with E-state index in [1.807, 2.05) is 20.8 Å². The van der Waals surface area contributed by atoms with E-state index in [1.165, 1.54) is 6.20 Å². The third kappa shape index (κ3) is 4.92. The van der Waals surface area contributed by atoms with Gasteiger partial charge in [-0.15, -0.1) is 0 Å². The van der Waals surface area contributed by atoms with Crippen LogP contribution in [0.15, 0.2) is 6.20 Å². The second-order valence-corrected chi connectivity index (χ2v) is 4.97. The van der Waals surface area contributed by atoms with Gasteiger partial charge in [-0.3, -0.25) is 4.79 Å². The Balaban J connectivity index is 2.74. The molecular weight excluding hydrogens is 248 g/mol. The molecule has 0 aromatic carbocycles. The quantitative estimate of drug-likeness (QED) is 0.425. The number of aldehydes is 1. The van der Waals surface area contributed by atoms with Gasteiger partial charge in [-0.05, 0) is 0 Å². The maximum absolute atomic E-state index is 10.7. The summed E-state index contributed by atoms with van der Waals surface area (Å²) in [6, 6.07) is 0. The lowest BCUT2D eigenvalue weighted by atomic mass is 9.91. The Morgan fingerprint density at radius 3 is 2.63 bits per heavy atom. The molecule has 0 aliphatic heterocycles. The molecule has 1 aromatic rings. The van der Waals surface area contributed by atoms with Crippen LogP contribution in [-0.2, 0) is 14.9 Å². The molecule has 6 nitrogen and oxygen atoms in total. The van der Waals surface area contributed by atoms with Gasteiger partial charge in [0.05, 0.1) is 25.1 Å². The van der Waals surface area contributed by atoms with Gasteiger partial charge in [0, 0.05) is 12.5 Å². The van der Waals surface area contributed by atoms with Crippen LogP contribution in [0.2, 0.25) is 0 Å². The van der Waals surface area contributed by atoms with Gasteiger partial charge in [0.25, 0.3) is 0 Å². The van der Waals surface area contributed by atoms with Crippen LogP contribution < -0.4 is 4.74 Å². The molecule has 0 amide bonds. The van der Waals surface area contributed by atoms with Crippen molar-refractivity contribution in [3.63, 3.8) is 0 Å². The summed E-state index contributed by atoms with van der Waals surface area (Å²) in [6.07, 6.45) is 2.12. The summed E-state index contributed by atoms with van der Waals surface area (Å²) in [4.78, 5) is 18.8. The third-order valence-electron chi connectivity index (χ3n) is 2.32. The lowest BCUT2D eigenvalue weighted by molar-refractivity contribution is -0.00959.